The summed E-state index contributed by atoms with van der Waals surface area (Å²) in [6.07, 6.45) is 10.2. The number of para-hydroxylation sites is 1. The molecule has 1 aliphatic carbocycles. The van der Waals surface area contributed by atoms with Crippen LogP contribution in [0.4, 0.5) is 5.69 Å². The number of aromatic nitrogens is 3. The van der Waals surface area contributed by atoms with Gasteiger partial charge in [0.15, 0.2) is 6.17 Å². The Bertz CT molecular complexity index is 2590. The largest absolute Gasteiger partial charge is 0.332 e. The van der Waals surface area contributed by atoms with Crippen LogP contribution in [0.15, 0.2) is 157 Å². The number of thiophene rings is 1. The average molecular weight is 622 g/mol. The highest BCUT2D eigenvalue weighted by Gasteiger charge is 2.36. The van der Waals surface area contributed by atoms with Crippen LogP contribution in [0.3, 0.4) is 0 Å². The molecule has 2 aliphatic rings. The van der Waals surface area contributed by atoms with Gasteiger partial charge in [-0.05, 0) is 60.2 Å². The molecule has 2 unspecified atom stereocenters. The third kappa shape index (κ3) is 4.12. The van der Waals surface area contributed by atoms with E-state index in [4.69, 9.17) is 15.0 Å². The maximum absolute atomic E-state index is 5.40. The zero-order valence-electron chi connectivity index (χ0n) is 25.2. The lowest BCUT2D eigenvalue weighted by atomic mass is 10.1. The molecule has 47 heavy (non-hydrogen) atoms. The monoisotopic (exact) mass is 621 g/mol. The lowest BCUT2D eigenvalue weighted by molar-refractivity contribution is 0.673. The van der Waals surface area contributed by atoms with Crippen molar-refractivity contribution in [1.29, 1.82) is 0 Å². The van der Waals surface area contributed by atoms with Crippen LogP contribution in [0.25, 0.3) is 59.1 Å². The number of aliphatic imine (C=N–C) groups is 1. The molecule has 0 radical (unpaired) electrons. The van der Waals surface area contributed by atoms with E-state index in [9.17, 15) is 0 Å². The maximum atomic E-state index is 5.40. The number of hydrogen-bond donors (Lipinski definition) is 0. The van der Waals surface area contributed by atoms with Gasteiger partial charge in [0.05, 0.1) is 34.0 Å². The van der Waals surface area contributed by atoms with E-state index in [0.29, 0.717) is 0 Å². The molecule has 4 aromatic carbocycles. The quantitative estimate of drug-likeness (QED) is 0.196. The molecule has 1 aliphatic heterocycles. The summed E-state index contributed by atoms with van der Waals surface area (Å²) in [7, 11) is 0. The highest BCUT2D eigenvalue weighted by Crippen LogP contribution is 2.41. The van der Waals surface area contributed by atoms with Crippen LogP contribution in [0.1, 0.15) is 11.9 Å². The molecule has 0 fully saturated rings. The fourth-order valence-electron chi connectivity index (χ4n) is 7.18. The van der Waals surface area contributed by atoms with Gasteiger partial charge in [0.2, 0.25) is 0 Å². The van der Waals surface area contributed by atoms with E-state index >= 15 is 0 Å². The van der Waals surface area contributed by atoms with E-state index in [-0.39, 0.29) is 12.2 Å². The Kier molecular flexibility index (Phi) is 5.80. The second-order valence-electron chi connectivity index (χ2n) is 12.0. The van der Waals surface area contributed by atoms with E-state index in [2.05, 4.69) is 149 Å². The number of pyridine rings is 2. The van der Waals surface area contributed by atoms with Gasteiger partial charge in [-0.2, -0.15) is 0 Å². The van der Waals surface area contributed by atoms with Crippen molar-refractivity contribution >= 4 is 64.8 Å². The Morgan fingerprint density at radius 1 is 0.638 bits per heavy atom. The normalized spacial score (nSPS) is 17.3. The predicted octanol–water partition coefficient (Wildman–Crippen LogP) is 10.1. The van der Waals surface area contributed by atoms with Crippen molar-refractivity contribution in [3.8, 4) is 16.9 Å². The van der Waals surface area contributed by atoms with Crippen molar-refractivity contribution in [3.05, 3.63) is 158 Å². The van der Waals surface area contributed by atoms with E-state index < -0.39 is 0 Å². The molecule has 4 aromatic heterocycles. The lowest BCUT2D eigenvalue weighted by Gasteiger charge is -2.30. The van der Waals surface area contributed by atoms with Gasteiger partial charge < -0.3 is 4.90 Å². The summed E-state index contributed by atoms with van der Waals surface area (Å²) in [5.41, 5.74) is 8.38. The summed E-state index contributed by atoms with van der Waals surface area (Å²) in [6.45, 7) is 0. The van der Waals surface area contributed by atoms with E-state index in [1.807, 2.05) is 23.6 Å². The highest BCUT2D eigenvalue weighted by molar-refractivity contribution is 7.25. The minimum atomic E-state index is -0.259. The summed E-state index contributed by atoms with van der Waals surface area (Å²) in [5.74, 6) is 0.851. The number of hydrogen-bond acceptors (Lipinski definition) is 5. The summed E-state index contributed by atoms with van der Waals surface area (Å²) < 4.78 is 4.83. The summed E-state index contributed by atoms with van der Waals surface area (Å²) in [6, 6.07) is 42.9. The van der Waals surface area contributed by atoms with Crippen molar-refractivity contribution in [2.75, 3.05) is 4.90 Å². The molecular formula is C41H27N5S. The average Bonchev–Trinajstić information content (AvgIpc) is 3.80. The fraction of sp³-hybridized carbons (Fsp3) is 0.0488. The van der Waals surface area contributed by atoms with Crippen molar-refractivity contribution in [1.82, 2.24) is 14.5 Å². The SMILES string of the molecule is C1=CC2=NC(c3cccc(-n4c5cc6sc7ccccc7c6cc5c5ncc(-c6ccccc6)cc54)n3)N(c3ccccc3)C2C=C1. The zero-order valence-corrected chi connectivity index (χ0v) is 26.0. The van der Waals surface area contributed by atoms with Crippen LogP contribution in [-0.4, -0.2) is 26.3 Å². The van der Waals surface area contributed by atoms with Crippen molar-refractivity contribution < 1.29 is 0 Å². The second kappa shape index (κ2) is 10.3. The molecule has 6 heteroatoms. The Labute approximate surface area is 275 Å². The number of rotatable bonds is 4. The van der Waals surface area contributed by atoms with Gasteiger partial charge >= 0.3 is 0 Å². The molecule has 8 aromatic rings. The van der Waals surface area contributed by atoms with Crippen LogP contribution in [0, 0.1) is 0 Å². The molecule has 10 rings (SSSR count). The number of nitrogens with zero attached hydrogens (tertiary/aromatic N) is 5. The van der Waals surface area contributed by atoms with Gasteiger partial charge in [-0.15, -0.1) is 11.3 Å². The first kappa shape index (κ1) is 26.4. The Balaban J connectivity index is 1.21. The van der Waals surface area contributed by atoms with Crippen LogP contribution in [0.2, 0.25) is 0 Å². The number of benzene rings is 4. The Hall–Kier alpha value is -5.85. The van der Waals surface area contributed by atoms with Crippen molar-refractivity contribution in [2.24, 2.45) is 4.99 Å². The van der Waals surface area contributed by atoms with Gasteiger partial charge in [0.1, 0.15) is 5.82 Å². The molecular weight excluding hydrogens is 595 g/mol. The summed E-state index contributed by atoms with van der Waals surface area (Å²) in [5, 5.41) is 3.66. The second-order valence-corrected chi connectivity index (χ2v) is 13.1. The van der Waals surface area contributed by atoms with Gasteiger partial charge in [0.25, 0.3) is 0 Å². The van der Waals surface area contributed by atoms with Gasteiger partial charge in [-0.25, -0.2) is 4.98 Å². The lowest BCUT2D eigenvalue weighted by Crippen LogP contribution is -2.36. The van der Waals surface area contributed by atoms with Gasteiger partial charge in [0, 0.05) is 43.0 Å². The first-order chi connectivity index (χ1) is 23.3. The fourth-order valence-corrected chi connectivity index (χ4v) is 8.30. The van der Waals surface area contributed by atoms with Crippen LogP contribution in [0.5, 0.6) is 0 Å². The smallest absolute Gasteiger partial charge is 0.165 e. The molecule has 0 saturated heterocycles. The van der Waals surface area contributed by atoms with Crippen molar-refractivity contribution in [2.45, 2.75) is 12.2 Å². The molecule has 222 valence electrons. The van der Waals surface area contributed by atoms with Crippen LogP contribution >= 0.6 is 11.3 Å². The molecule has 0 amide bonds. The first-order valence-corrected chi connectivity index (χ1v) is 16.7. The molecule has 2 atom stereocenters. The van der Waals surface area contributed by atoms with Gasteiger partial charge in [-0.3, -0.25) is 14.5 Å². The van der Waals surface area contributed by atoms with E-state index in [1.54, 1.807) is 0 Å². The first-order valence-electron chi connectivity index (χ1n) is 15.8. The maximum Gasteiger partial charge on any atom is 0.165 e. The minimum absolute atomic E-state index is 0.0602. The topological polar surface area (TPSA) is 46.3 Å². The molecule has 0 saturated carbocycles. The molecule has 5 nitrogen and oxygen atoms in total. The summed E-state index contributed by atoms with van der Waals surface area (Å²) >= 11 is 1.83. The number of allylic oxidation sites excluding steroid dienone is 2. The van der Waals surface area contributed by atoms with Crippen LogP contribution in [-0.2, 0) is 0 Å². The molecule has 0 N–H and O–H groups in total. The third-order valence-corrected chi connectivity index (χ3v) is 10.5. The number of fused-ring (bicyclic) bond motifs is 7. The van der Waals surface area contributed by atoms with E-state index in [1.165, 1.54) is 20.2 Å². The van der Waals surface area contributed by atoms with Gasteiger partial charge in [-0.1, -0.05) is 91.0 Å². The summed E-state index contributed by atoms with van der Waals surface area (Å²) in [4.78, 5) is 18.1. The Morgan fingerprint density at radius 3 is 2.36 bits per heavy atom. The van der Waals surface area contributed by atoms with Crippen LogP contribution < -0.4 is 4.90 Å². The standard InChI is InChI=1S/C41H27N5S/c1-3-12-26(13-4-1)27-22-36-40(42-25-27)31-23-30-29-16-7-10-20-37(29)47-38(30)24-35(31)46(36)39-21-11-18-33(43-39)41-44-32-17-8-9-19-34(32)45(41)28-14-5-2-6-15-28/h1-25,34,41H. The highest BCUT2D eigenvalue weighted by atomic mass is 32.1. The predicted molar refractivity (Wildman–Crippen MR) is 196 cm³/mol. The van der Waals surface area contributed by atoms with E-state index in [0.717, 1.165) is 56.0 Å². The third-order valence-electron chi connectivity index (χ3n) is 9.32. The molecule has 0 bridgehead atoms. The number of anilines is 1. The zero-order chi connectivity index (χ0) is 30.9. The molecule has 0 spiro atoms. The molecule has 5 heterocycles. The van der Waals surface area contributed by atoms with Crippen molar-refractivity contribution in [3.63, 3.8) is 0 Å². The Morgan fingerprint density at radius 2 is 1.47 bits per heavy atom. The minimum Gasteiger partial charge on any atom is -0.332 e.